The van der Waals surface area contributed by atoms with Crippen LogP contribution in [0.1, 0.15) is 10.4 Å². The fourth-order valence-electron chi connectivity index (χ4n) is 1.49. The number of nitrogens with zero attached hydrogens (tertiary/aromatic N) is 1. The number of halogens is 2. The molecular formula is C12H8Cl2N2O2. The summed E-state index contributed by atoms with van der Waals surface area (Å²) in [5.41, 5.74) is 6.96. The summed E-state index contributed by atoms with van der Waals surface area (Å²) in [6, 6.07) is 6.38. The number of benzene rings is 1. The maximum Gasteiger partial charge on any atom is 0.337 e. The van der Waals surface area contributed by atoms with E-state index in [1.54, 1.807) is 18.2 Å². The Morgan fingerprint density at radius 2 is 1.94 bits per heavy atom. The van der Waals surface area contributed by atoms with Crippen molar-refractivity contribution in [1.82, 2.24) is 4.98 Å². The zero-order chi connectivity index (χ0) is 13.3. The van der Waals surface area contributed by atoms with E-state index in [9.17, 15) is 4.79 Å². The lowest BCUT2D eigenvalue weighted by atomic mass is 10.0. The Kier molecular flexibility index (Phi) is 3.41. The molecule has 0 aliphatic carbocycles. The molecule has 0 saturated heterocycles. The number of hydrogen-bond donors (Lipinski definition) is 2. The highest BCUT2D eigenvalue weighted by Gasteiger charge is 2.10. The summed E-state index contributed by atoms with van der Waals surface area (Å²) < 4.78 is 0. The highest BCUT2D eigenvalue weighted by Crippen LogP contribution is 2.31. The van der Waals surface area contributed by atoms with Crippen molar-refractivity contribution >= 4 is 35.0 Å². The third-order valence-corrected chi connectivity index (χ3v) is 3.14. The Labute approximate surface area is 113 Å². The summed E-state index contributed by atoms with van der Waals surface area (Å²) in [6.07, 6.45) is 1.21. The molecule has 1 aromatic heterocycles. The van der Waals surface area contributed by atoms with Crippen molar-refractivity contribution in [2.24, 2.45) is 0 Å². The van der Waals surface area contributed by atoms with Crippen LogP contribution in [0.25, 0.3) is 11.1 Å². The van der Waals surface area contributed by atoms with Crippen LogP contribution in [0.15, 0.2) is 30.5 Å². The first-order chi connectivity index (χ1) is 8.49. The Balaban J connectivity index is 2.58. The van der Waals surface area contributed by atoms with Crippen LogP contribution in [-0.2, 0) is 0 Å². The molecule has 0 aliphatic rings. The minimum absolute atomic E-state index is 0.0604. The van der Waals surface area contributed by atoms with Gasteiger partial charge in [-0.3, -0.25) is 0 Å². The molecule has 0 aliphatic heterocycles. The first-order valence-corrected chi connectivity index (χ1v) is 5.69. The highest BCUT2D eigenvalue weighted by molar-refractivity contribution is 6.42. The van der Waals surface area contributed by atoms with Crippen LogP contribution < -0.4 is 5.73 Å². The summed E-state index contributed by atoms with van der Waals surface area (Å²) in [5.74, 6) is -0.831. The standard InChI is InChI=1S/C12H8Cl2N2O2/c13-9-2-1-6(4-10(9)14)8-3-7(12(17)18)5-16-11(8)15/h1-5H,(H2,15,16)(H,17,18). The number of anilines is 1. The second-order valence-corrected chi connectivity index (χ2v) is 4.41. The van der Waals surface area contributed by atoms with E-state index in [0.717, 1.165) is 0 Å². The molecule has 1 heterocycles. The van der Waals surface area contributed by atoms with Crippen molar-refractivity contribution in [2.75, 3.05) is 5.73 Å². The normalized spacial score (nSPS) is 10.3. The molecule has 0 bridgehead atoms. The minimum atomic E-state index is -1.07. The molecule has 0 fully saturated rings. The Morgan fingerprint density at radius 3 is 2.56 bits per heavy atom. The van der Waals surface area contributed by atoms with Crippen molar-refractivity contribution in [1.29, 1.82) is 0 Å². The van der Waals surface area contributed by atoms with Gasteiger partial charge in [-0.15, -0.1) is 0 Å². The number of aromatic carboxylic acids is 1. The number of carbonyl (C=O) groups is 1. The van der Waals surface area contributed by atoms with Gasteiger partial charge < -0.3 is 10.8 Å². The number of hydrogen-bond acceptors (Lipinski definition) is 3. The molecule has 2 rings (SSSR count). The van der Waals surface area contributed by atoms with Crippen LogP contribution in [0.5, 0.6) is 0 Å². The van der Waals surface area contributed by atoms with Crippen LogP contribution in [0, 0.1) is 0 Å². The predicted octanol–water partition coefficient (Wildman–Crippen LogP) is 3.34. The molecule has 0 spiro atoms. The maximum absolute atomic E-state index is 10.9. The summed E-state index contributed by atoms with van der Waals surface area (Å²) >= 11 is 11.7. The SMILES string of the molecule is Nc1ncc(C(=O)O)cc1-c1ccc(Cl)c(Cl)c1. The lowest BCUT2D eigenvalue weighted by molar-refractivity contribution is 0.0696. The quantitative estimate of drug-likeness (QED) is 0.886. The molecule has 4 nitrogen and oxygen atoms in total. The average molecular weight is 283 g/mol. The molecule has 1 aromatic carbocycles. The lowest BCUT2D eigenvalue weighted by Gasteiger charge is -2.07. The van der Waals surface area contributed by atoms with Gasteiger partial charge in [0.25, 0.3) is 0 Å². The molecule has 0 saturated carbocycles. The first-order valence-electron chi connectivity index (χ1n) is 4.93. The van der Waals surface area contributed by atoms with Crippen molar-refractivity contribution in [2.45, 2.75) is 0 Å². The van der Waals surface area contributed by atoms with E-state index >= 15 is 0 Å². The summed E-state index contributed by atoms with van der Waals surface area (Å²) in [7, 11) is 0. The topological polar surface area (TPSA) is 76.2 Å². The largest absolute Gasteiger partial charge is 0.478 e. The summed E-state index contributed by atoms with van der Waals surface area (Å²) in [4.78, 5) is 14.7. The first kappa shape index (κ1) is 12.7. The molecule has 92 valence electrons. The second kappa shape index (κ2) is 4.84. The van der Waals surface area contributed by atoms with Crippen molar-refractivity contribution in [3.8, 4) is 11.1 Å². The van der Waals surface area contributed by atoms with Crippen LogP contribution >= 0.6 is 23.2 Å². The van der Waals surface area contributed by atoms with Crippen LogP contribution in [0.3, 0.4) is 0 Å². The molecule has 18 heavy (non-hydrogen) atoms. The number of nitrogens with two attached hydrogens (primary N) is 1. The van der Waals surface area contributed by atoms with Gasteiger partial charge in [0, 0.05) is 11.8 Å². The molecule has 6 heteroatoms. The molecule has 0 amide bonds. The smallest absolute Gasteiger partial charge is 0.337 e. The molecule has 0 radical (unpaired) electrons. The van der Waals surface area contributed by atoms with E-state index in [4.69, 9.17) is 34.0 Å². The van der Waals surface area contributed by atoms with E-state index in [2.05, 4.69) is 4.98 Å². The Morgan fingerprint density at radius 1 is 1.22 bits per heavy atom. The van der Waals surface area contributed by atoms with E-state index in [0.29, 0.717) is 21.2 Å². The van der Waals surface area contributed by atoms with Crippen LogP contribution in [0.2, 0.25) is 10.0 Å². The van der Waals surface area contributed by atoms with Crippen molar-refractivity contribution < 1.29 is 9.90 Å². The molecule has 0 unspecified atom stereocenters. The third-order valence-electron chi connectivity index (χ3n) is 2.40. The summed E-state index contributed by atoms with van der Waals surface area (Å²) in [6.45, 7) is 0. The number of aromatic nitrogens is 1. The second-order valence-electron chi connectivity index (χ2n) is 3.59. The highest BCUT2D eigenvalue weighted by atomic mass is 35.5. The van der Waals surface area contributed by atoms with Crippen molar-refractivity contribution in [3.05, 3.63) is 46.1 Å². The fraction of sp³-hybridized carbons (Fsp3) is 0. The van der Waals surface area contributed by atoms with Gasteiger partial charge >= 0.3 is 5.97 Å². The van der Waals surface area contributed by atoms with E-state index in [1.165, 1.54) is 12.3 Å². The number of carboxylic acids is 1. The van der Waals surface area contributed by atoms with Crippen LogP contribution in [0.4, 0.5) is 5.82 Å². The zero-order valence-electron chi connectivity index (χ0n) is 9.02. The van der Waals surface area contributed by atoms with Gasteiger partial charge in [-0.2, -0.15) is 0 Å². The van der Waals surface area contributed by atoms with Gasteiger partial charge in [0.05, 0.1) is 15.6 Å². The van der Waals surface area contributed by atoms with Crippen LogP contribution in [-0.4, -0.2) is 16.1 Å². The van der Waals surface area contributed by atoms with Gasteiger partial charge in [-0.25, -0.2) is 9.78 Å². The molecular weight excluding hydrogens is 275 g/mol. The van der Waals surface area contributed by atoms with Gasteiger partial charge in [0.2, 0.25) is 0 Å². The number of nitrogen functional groups attached to an aromatic ring is 1. The van der Waals surface area contributed by atoms with Gasteiger partial charge in [0.15, 0.2) is 0 Å². The monoisotopic (exact) mass is 282 g/mol. The maximum atomic E-state index is 10.9. The van der Waals surface area contributed by atoms with Gasteiger partial charge in [-0.05, 0) is 23.8 Å². The number of carboxylic acid groups (broad SMARTS) is 1. The average Bonchev–Trinajstić information content (AvgIpc) is 2.33. The van der Waals surface area contributed by atoms with Gasteiger partial charge in [-0.1, -0.05) is 29.3 Å². The molecule has 3 N–H and O–H groups in total. The number of pyridine rings is 1. The fourth-order valence-corrected chi connectivity index (χ4v) is 1.79. The Hall–Kier alpha value is -1.78. The van der Waals surface area contributed by atoms with Gasteiger partial charge in [0.1, 0.15) is 5.82 Å². The minimum Gasteiger partial charge on any atom is -0.478 e. The number of rotatable bonds is 2. The van der Waals surface area contributed by atoms with E-state index in [1.807, 2.05) is 0 Å². The molecule has 0 atom stereocenters. The zero-order valence-corrected chi connectivity index (χ0v) is 10.5. The van der Waals surface area contributed by atoms with Crippen molar-refractivity contribution in [3.63, 3.8) is 0 Å². The summed E-state index contributed by atoms with van der Waals surface area (Å²) in [5, 5.41) is 9.71. The van der Waals surface area contributed by atoms with E-state index in [-0.39, 0.29) is 11.4 Å². The Bertz CT molecular complexity index is 629. The van der Waals surface area contributed by atoms with E-state index < -0.39 is 5.97 Å². The molecule has 2 aromatic rings. The lowest BCUT2D eigenvalue weighted by Crippen LogP contribution is -2.01. The predicted molar refractivity (Wildman–Crippen MR) is 71.1 cm³/mol. The third kappa shape index (κ3) is 2.39.